The van der Waals surface area contributed by atoms with Crippen molar-refractivity contribution in [3.8, 4) is 0 Å². The highest BCUT2D eigenvalue weighted by atomic mass is 35.5. The Hall–Kier alpha value is -1.30. The zero-order valence-corrected chi connectivity index (χ0v) is 12.6. The van der Waals surface area contributed by atoms with E-state index in [9.17, 15) is 9.90 Å². The van der Waals surface area contributed by atoms with Gasteiger partial charge >= 0.3 is 0 Å². The molecule has 2 aromatic rings. The molecular formula is C14H15ClN2O2S. The highest BCUT2D eigenvalue weighted by molar-refractivity contribution is 7.99. The van der Waals surface area contributed by atoms with Crippen LogP contribution in [0.15, 0.2) is 39.1 Å². The van der Waals surface area contributed by atoms with E-state index in [0.29, 0.717) is 10.2 Å². The number of aryl methyl sites for hydroxylation is 1. The first kappa shape index (κ1) is 15.1. The third kappa shape index (κ3) is 3.85. The molecule has 2 N–H and O–H groups in total. The zero-order valence-electron chi connectivity index (χ0n) is 11.0. The maximum Gasteiger partial charge on any atom is 0.251 e. The lowest BCUT2D eigenvalue weighted by atomic mass is 10.2. The fraction of sp³-hybridized carbons (Fsp3) is 0.286. The number of nitrogens with zero attached hydrogens (tertiary/aromatic N) is 1. The predicted octanol–water partition coefficient (Wildman–Crippen LogP) is 3.02. The summed E-state index contributed by atoms with van der Waals surface area (Å²) in [7, 11) is 0. The van der Waals surface area contributed by atoms with Gasteiger partial charge in [0.15, 0.2) is 5.16 Å². The van der Waals surface area contributed by atoms with Gasteiger partial charge < -0.3 is 10.1 Å². The number of aromatic amines is 1. The Morgan fingerprint density at radius 3 is 2.90 bits per heavy atom. The normalized spacial score (nSPS) is 10.8. The summed E-state index contributed by atoms with van der Waals surface area (Å²) in [5.41, 5.74) is 1.35. The van der Waals surface area contributed by atoms with Crippen molar-refractivity contribution >= 4 is 23.4 Å². The molecule has 0 fully saturated rings. The molecule has 2 rings (SSSR count). The van der Waals surface area contributed by atoms with Crippen LogP contribution < -0.4 is 5.56 Å². The Balaban J connectivity index is 2.34. The molecule has 0 spiro atoms. The van der Waals surface area contributed by atoms with Gasteiger partial charge in [0.1, 0.15) is 0 Å². The predicted molar refractivity (Wildman–Crippen MR) is 80.4 cm³/mol. The van der Waals surface area contributed by atoms with Crippen LogP contribution in [0, 0.1) is 0 Å². The van der Waals surface area contributed by atoms with Crippen molar-refractivity contribution in [1.29, 1.82) is 0 Å². The molecule has 0 unspecified atom stereocenters. The lowest BCUT2D eigenvalue weighted by molar-refractivity contribution is 0.279. The molecule has 0 saturated heterocycles. The second kappa shape index (κ2) is 6.92. The maximum absolute atomic E-state index is 11.6. The summed E-state index contributed by atoms with van der Waals surface area (Å²) in [6.45, 7) is 1.95. The molecule has 20 heavy (non-hydrogen) atoms. The topological polar surface area (TPSA) is 66.0 Å². The van der Waals surface area contributed by atoms with Crippen molar-refractivity contribution in [1.82, 2.24) is 9.97 Å². The minimum atomic E-state index is -0.168. The minimum absolute atomic E-state index is 0.0849. The third-order valence-electron chi connectivity index (χ3n) is 2.69. The zero-order chi connectivity index (χ0) is 14.5. The van der Waals surface area contributed by atoms with Crippen molar-refractivity contribution in [2.24, 2.45) is 0 Å². The number of hydrogen-bond acceptors (Lipinski definition) is 4. The molecule has 0 saturated carbocycles. The van der Waals surface area contributed by atoms with Gasteiger partial charge in [-0.1, -0.05) is 42.8 Å². The van der Waals surface area contributed by atoms with E-state index in [-0.39, 0.29) is 12.2 Å². The van der Waals surface area contributed by atoms with Crippen LogP contribution in [-0.2, 0) is 13.0 Å². The van der Waals surface area contributed by atoms with Gasteiger partial charge in [0.05, 0.1) is 6.61 Å². The van der Waals surface area contributed by atoms with Gasteiger partial charge in [-0.05, 0) is 24.1 Å². The van der Waals surface area contributed by atoms with Gasteiger partial charge in [-0.3, -0.25) is 4.79 Å². The summed E-state index contributed by atoms with van der Waals surface area (Å²) >= 11 is 7.26. The second-order valence-corrected chi connectivity index (χ2v) is 5.77. The largest absolute Gasteiger partial charge is 0.392 e. The number of halogens is 1. The molecule has 6 heteroatoms. The van der Waals surface area contributed by atoms with Gasteiger partial charge in [-0.25, -0.2) is 4.98 Å². The number of nitrogens with one attached hydrogen (secondary N) is 1. The van der Waals surface area contributed by atoms with Crippen LogP contribution in [0.5, 0.6) is 0 Å². The highest BCUT2D eigenvalue weighted by Crippen LogP contribution is 2.30. The van der Waals surface area contributed by atoms with Crippen LogP contribution in [-0.4, -0.2) is 15.1 Å². The number of hydrogen-bond donors (Lipinski definition) is 2. The van der Waals surface area contributed by atoms with E-state index in [1.807, 2.05) is 6.92 Å². The van der Waals surface area contributed by atoms with E-state index in [1.54, 1.807) is 18.2 Å². The third-order valence-corrected chi connectivity index (χ3v) is 3.91. The summed E-state index contributed by atoms with van der Waals surface area (Å²) in [6.07, 6.45) is 1.69. The lowest BCUT2D eigenvalue weighted by Gasteiger charge is -2.07. The Morgan fingerprint density at radius 2 is 2.20 bits per heavy atom. The van der Waals surface area contributed by atoms with Crippen LogP contribution in [0.4, 0.5) is 0 Å². The molecule has 1 aromatic heterocycles. The average molecular weight is 311 g/mol. The fourth-order valence-electron chi connectivity index (χ4n) is 1.77. The van der Waals surface area contributed by atoms with E-state index in [4.69, 9.17) is 11.6 Å². The molecule has 106 valence electrons. The van der Waals surface area contributed by atoms with E-state index in [2.05, 4.69) is 9.97 Å². The summed E-state index contributed by atoms with van der Waals surface area (Å²) in [4.78, 5) is 19.5. The van der Waals surface area contributed by atoms with Crippen molar-refractivity contribution in [2.45, 2.75) is 36.4 Å². The first-order valence-electron chi connectivity index (χ1n) is 6.29. The minimum Gasteiger partial charge on any atom is -0.392 e. The van der Waals surface area contributed by atoms with Gasteiger partial charge in [0.2, 0.25) is 0 Å². The first-order valence-corrected chi connectivity index (χ1v) is 7.49. The molecule has 0 aliphatic heterocycles. The van der Waals surface area contributed by atoms with E-state index in [0.717, 1.165) is 29.0 Å². The van der Waals surface area contributed by atoms with Crippen molar-refractivity contribution in [3.05, 3.63) is 50.9 Å². The van der Waals surface area contributed by atoms with Gasteiger partial charge in [-0.2, -0.15) is 0 Å². The van der Waals surface area contributed by atoms with E-state index < -0.39 is 0 Å². The highest BCUT2D eigenvalue weighted by Gasteiger charge is 2.08. The molecule has 0 amide bonds. The Morgan fingerprint density at radius 1 is 1.40 bits per heavy atom. The van der Waals surface area contributed by atoms with Crippen molar-refractivity contribution in [3.63, 3.8) is 0 Å². The standard InChI is InChI=1S/C14H15ClN2O2S/c1-2-3-11-7-13(19)17-14(16-11)20-12-6-10(15)5-4-9(12)8-18/h4-7,18H,2-3,8H2,1H3,(H,16,17,19). The summed E-state index contributed by atoms with van der Waals surface area (Å²) < 4.78 is 0. The number of benzene rings is 1. The molecule has 0 aliphatic rings. The Kier molecular flexibility index (Phi) is 5.23. The molecule has 1 heterocycles. The van der Waals surface area contributed by atoms with Crippen LogP contribution in [0.3, 0.4) is 0 Å². The number of aromatic nitrogens is 2. The van der Waals surface area contributed by atoms with Crippen LogP contribution >= 0.6 is 23.4 Å². The fourth-order valence-corrected chi connectivity index (χ4v) is 2.98. The molecule has 0 aliphatic carbocycles. The van der Waals surface area contributed by atoms with Crippen LogP contribution in [0.1, 0.15) is 24.6 Å². The number of aliphatic hydroxyl groups excluding tert-OH is 1. The lowest BCUT2D eigenvalue weighted by Crippen LogP contribution is -2.10. The molecule has 4 nitrogen and oxygen atoms in total. The van der Waals surface area contributed by atoms with Crippen LogP contribution in [0.2, 0.25) is 5.02 Å². The van der Waals surface area contributed by atoms with Crippen LogP contribution in [0.25, 0.3) is 0 Å². The SMILES string of the molecule is CCCc1cc(=O)[nH]c(Sc2cc(Cl)ccc2CO)n1. The quantitative estimate of drug-likeness (QED) is 0.833. The molecule has 0 bridgehead atoms. The average Bonchev–Trinajstić information content (AvgIpc) is 2.38. The Bertz CT molecular complexity index is 658. The summed E-state index contributed by atoms with van der Waals surface area (Å²) in [5.74, 6) is 0. The number of aliphatic hydroxyl groups is 1. The maximum atomic E-state index is 11.6. The molecular weight excluding hydrogens is 296 g/mol. The van der Waals surface area contributed by atoms with E-state index in [1.165, 1.54) is 17.8 Å². The molecule has 0 radical (unpaired) electrons. The van der Waals surface area contributed by atoms with E-state index >= 15 is 0 Å². The monoisotopic (exact) mass is 310 g/mol. The number of rotatable bonds is 5. The smallest absolute Gasteiger partial charge is 0.251 e. The summed E-state index contributed by atoms with van der Waals surface area (Å²) in [6, 6.07) is 6.75. The molecule has 1 aromatic carbocycles. The Labute approximate surface area is 126 Å². The van der Waals surface area contributed by atoms with Crippen molar-refractivity contribution in [2.75, 3.05) is 0 Å². The van der Waals surface area contributed by atoms with Gasteiger partial charge in [-0.15, -0.1) is 0 Å². The van der Waals surface area contributed by atoms with Gasteiger partial charge in [0.25, 0.3) is 5.56 Å². The molecule has 0 atom stereocenters. The second-order valence-electron chi connectivity index (χ2n) is 4.30. The number of H-pyrrole nitrogens is 1. The first-order chi connectivity index (χ1) is 9.62. The van der Waals surface area contributed by atoms with Crippen molar-refractivity contribution < 1.29 is 5.11 Å². The summed E-state index contributed by atoms with van der Waals surface area (Å²) in [5, 5.41) is 10.4. The van der Waals surface area contributed by atoms with Gasteiger partial charge in [0, 0.05) is 21.7 Å².